The summed E-state index contributed by atoms with van der Waals surface area (Å²) in [5.74, 6) is 0.971. The number of anilines is 2. The molecule has 8 heteroatoms. The normalized spacial score (nSPS) is 17.0. The van der Waals surface area contributed by atoms with Crippen LogP contribution in [0.5, 0.6) is 0 Å². The number of halogens is 1. The molecule has 1 aliphatic rings. The Morgan fingerprint density at radius 1 is 1.15 bits per heavy atom. The smallest absolute Gasteiger partial charge is 0.312 e. The second-order valence-electron chi connectivity index (χ2n) is 7.05. The molecule has 0 amide bonds. The van der Waals surface area contributed by atoms with Gasteiger partial charge in [0.2, 0.25) is 5.95 Å². The average Bonchev–Trinajstić information content (AvgIpc) is 2.99. The van der Waals surface area contributed by atoms with Gasteiger partial charge in [0.1, 0.15) is 0 Å². The predicted molar refractivity (Wildman–Crippen MR) is 103 cm³/mol. The predicted octanol–water partition coefficient (Wildman–Crippen LogP) is 2.18. The van der Waals surface area contributed by atoms with Crippen LogP contribution in [0, 0.1) is 12.8 Å². The lowest BCUT2D eigenvalue weighted by molar-refractivity contribution is 0.458. The van der Waals surface area contributed by atoms with Gasteiger partial charge in [-0.15, -0.1) is 0 Å². The third-order valence-electron chi connectivity index (χ3n) is 5.02. The average molecular weight is 374 g/mol. The molecule has 1 aromatic carbocycles. The Balaban J connectivity index is 2.03. The Kier molecular flexibility index (Phi) is 3.73. The van der Waals surface area contributed by atoms with Crippen LogP contribution >= 0.6 is 11.6 Å². The van der Waals surface area contributed by atoms with Crippen LogP contribution in [0.2, 0.25) is 5.02 Å². The van der Waals surface area contributed by atoms with E-state index < -0.39 is 0 Å². The molecule has 0 N–H and O–H groups in total. The third-order valence-corrected chi connectivity index (χ3v) is 5.43. The summed E-state index contributed by atoms with van der Waals surface area (Å²) < 4.78 is 4.47. The van der Waals surface area contributed by atoms with Gasteiger partial charge in [0.25, 0.3) is 5.56 Å². The zero-order valence-electron chi connectivity index (χ0n) is 15.2. The first-order valence-electron chi connectivity index (χ1n) is 8.49. The van der Waals surface area contributed by atoms with E-state index in [-0.39, 0.29) is 11.2 Å². The first-order valence-corrected chi connectivity index (χ1v) is 8.87. The number of rotatable bonds is 1. The fourth-order valence-electron chi connectivity index (χ4n) is 3.55. The van der Waals surface area contributed by atoms with Crippen LogP contribution in [0.3, 0.4) is 0 Å². The fraction of sp³-hybridized carbons (Fsp3) is 0.389. The summed E-state index contributed by atoms with van der Waals surface area (Å²) in [6.45, 7) is 5.52. The standard InChI is InChI=1S/C18H20ClN5O2/c1-10-8-23(12-6-5-11(2)13(19)7-12)17-20-15-14(24(17)9-10)16(25)22(4)18(26)21(15)3/h5-7,10H,8-9H2,1-4H3/t10-/m1/s1. The van der Waals surface area contributed by atoms with Crippen molar-refractivity contribution in [2.24, 2.45) is 20.0 Å². The molecule has 1 aliphatic heterocycles. The van der Waals surface area contributed by atoms with Gasteiger partial charge in [-0.25, -0.2) is 4.79 Å². The van der Waals surface area contributed by atoms with E-state index in [0.717, 1.165) is 22.4 Å². The van der Waals surface area contributed by atoms with Crippen LogP contribution in [-0.4, -0.2) is 25.2 Å². The molecule has 0 unspecified atom stereocenters. The van der Waals surface area contributed by atoms with Gasteiger partial charge in [-0.1, -0.05) is 24.6 Å². The zero-order chi connectivity index (χ0) is 18.7. The number of hydrogen-bond donors (Lipinski definition) is 0. The van der Waals surface area contributed by atoms with Gasteiger partial charge in [-0.3, -0.25) is 13.9 Å². The first-order chi connectivity index (χ1) is 12.3. The van der Waals surface area contributed by atoms with Crippen LogP contribution in [0.4, 0.5) is 11.6 Å². The summed E-state index contributed by atoms with van der Waals surface area (Å²) in [4.78, 5) is 31.7. The summed E-state index contributed by atoms with van der Waals surface area (Å²) in [7, 11) is 3.13. The zero-order valence-corrected chi connectivity index (χ0v) is 15.9. The number of aryl methyl sites for hydroxylation is 2. The van der Waals surface area contributed by atoms with Gasteiger partial charge >= 0.3 is 5.69 Å². The van der Waals surface area contributed by atoms with Crippen molar-refractivity contribution in [1.29, 1.82) is 0 Å². The monoisotopic (exact) mass is 373 g/mol. The molecular formula is C18H20ClN5O2. The van der Waals surface area contributed by atoms with Crippen LogP contribution in [0.15, 0.2) is 27.8 Å². The molecule has 3 aromatic rings. The highest BCUT2D eigenvalue weighted by Gasteiger charge is 2.29. The van der Waals surface area contributed by atoms with E-state index in [1.165, 1.54) is 11.6 Å². The Hall–Kier alpha value is -2.54. The Morgan fingerprint density at radius 3 is 2.58 bits per heavy atom. The molecule has 0 spiro atoms. The van der Waals surface area contributed by atoms with Crippen molar-refractivity contribution >= 4 is 34.4 Å². The van der Waals surface area contributed by atoms with Gasteiger partial charge in [-0.05, 0) is 30.5 Å². The molecule has 0 aliphatic carbocycles. The number of hydrogen-bond acceptors (Lipinski definition) is 4. The highest BCUT2D eigenvalue weighted by atomic mass is 35.5. The van der Waals surface area contributed by atoms with E-state index in [0.29, 0.717) is 34.6 Å². The lowest BCUT2D eigenvalue weighted by Crippen LogP contribution is -2.38. The molecule has 26 heavy (non-hydrogen) atoms. The topological polar surface area (TPSA) is 65.1 Å². The van der Waals surface area contributed by atoms with E-state index in [2.05, 4.69) is 16.8 Å². The van der Waals surface area contributed by atoms with Crippen LogP contribution in [0.1, 0.15) is 12.5 Å². The second-order valence-corrected chi connectivity index (χ2v) is 7.46. The van der Waals surface area contributed by atoms with Crippen molar-refractivity contribution in [1.82, 2.24) is 18.7 Å². The minimum Gasteiger partial charge on any atom is -0.312 e. The second kappa shape index (κ2) is 5.74. The maximum absolute atomic E-state index is 12.7. The largest absolute Gasteiger partial charge is 0.332 e. The van der Waals surface area contributed by atoms with Crippen LogP contribution in [0.25, 0.3) is 11.2 Å². The summed E-state index contributed by atoms with van der Waals surface area (Å²) in [5.41, 5.74) is 2.09. The number of imidazole rings is 1. The van der Waals surface area contributed by atoms with Crippen molar-refractivity contribution < 1.29 is 0 Å². The fourth-order valence-corrected chi connectivity index (χ4v) is 3.72. The molecule has 3 heterocycles. The van der Waals surface area contributed by atoms with Gasteiger partial charge in [0, 0.05) is 37.9 Å². The number of benzene rings is 1. The molecular weight excluding hydrogens is 354 g/mol. The molecule has 0 bridgehead atoms. The number of aromatic nitrogens is 4. The summed E-state index contributed by atoms with van der Waals surface area (Å²) in [6.07, 6.45) is 0. The molecule has 4 rings (SSSR count). The lowest BCUT2D eigenvalue weighted by Gasteiger charge is -2.33. The molecule has 136 valence electrons. The van der Waals surface area contributed by atoms with E-state index in [1.54, 1.807) is 7.05 Å². The highest BCUT2D eigenvalue weighted by molar-refractivity contribution is 6.31. The molecule has 0 fully saturated rings. The Bertz CT molecular complexity index is 1160. The van der Waals surface area contributed by atoms with Crippen molar-refractivity contribution in [3.63, 3.8) is 0 Å². The molecule has 0 saturated heterocycles. The molecule has 0 saturated carbocycles. The number of nitrogens with zero attached hydrogens (tertiary/aromatic N) is 5. The third kappa shape index (κ3) is 2.30. The van der Waals surface area contributed by atoms with E-state index in [9.17, 15) is 9.59 Å². The van der Waals surface area contributed by atoms with Crippen molar-refractivity contribution in [3.8, 4) is 0 Å². The summed E-state index contributed by atoms with van der Waals surface area (Å²) in [5, 5.41) is 0.687. The van der Waals surface area contributed by atoms with Gasteiger partial charge in [0.05, 0.1) is 0 Å². The maximum atomic E-state index is 12.7. The van der Waals surface area contributed by atoms with Crippen LogP contribution < -0.4 is 16.1 Å². The van der Waals surface area contributed by atoms with Crippen molar-refractivity contribution in [3.05, 3.63) is 49.6 Å². The van der Waals surface area contributed by atoms with Crippen molar-refractivity contribution in [2.75, 3.05) is 11.4 Å². The van der Waals surface area contributed by atoms with Gasteiger partial charge in [0.15, 0.2) is 11.2 Å². The molecule has 1 atom stereocenters. The van der Waals surface area contributed by atoms with E-state index in [1.807, 2.05) is 29.7 Å². The lowest BCUT2D eigenvalue weighted by atomic mass is 10.1. The molecule has 2 aromatic heterocycles. The highest BCUT2D eigenvalue weighted by Crippen LogP contribution is 2.34. The first kappa shape index (κ1) is 16.9. The SMILES string of the molecule is Cc1ccc(N2C[C@@H](C)Cn3c2nc2c3c(=O)n(C)c(=O)n2C)cc1Cl. The van der Waals surface area contributed by atoms with Gasteiger partial charge in [-0.2, -0.15) is 4.98 Å². The number of fused-ring (bicyclic) bond motifs is 3. The van der Waals surface area contributed by atoms with Crippen molar-refractivity contribution in [2.45, 2.75) is 20.4 Å². The molecule has 0 radical (unpaired) electrons. The Morgan fingerprint density at radius 2 is 1.88 bits per heavy atom. The maximum Gasteiger partial charge on any atom is 0.332 e. The molecule has 7 nitrogen and oxygen atoms in total. The van der Waals surface area contributed by atoms with Gasteiger partial charge < -0.3 is 9.47 Å². The van der Waals surface area contributed by atoms with Crippen LogP contribution in [-0.2, 0) is 20.6 Å². The summed E-state index contributed by atoms with van der Waals surface area (Å²) >= 11 is 6.31. The van der Waals surface area contributed by atoms with E-state index in [4.69, 9.17) is 11.6 Å². The minimum absolute atomic E-state index is 0.307. The Labute approximate surface area is 155 Å². The minimum atomic E-state index is -0.379. The summed E-state index contributed by atoms with van der Waals surface area (Å²) in [6, 6.07) is 5.88. The quantitative estimate of drug-likeness (QED) is 0.655. The van der Waals surface area contributed by atoms with E-state index >= 15 is 0 Å².